The molecule has 0 bridgehead atoms. The molecule has 0 atom stereocenters. The summed E-state index contributed by atoms with van der Waals surface area (Å²) in [7, 11) is 1.84. The van der Waals surface area contributed by atoms with Crippen LogP contribution in [0.4, 0.5) is 5.69 Å². The molecule has 3 nitrogen and oxygen atoms in total. The lowest BCUT2D eigenvalue weighted by molar-refractivity contribution is 0.695. The summed E-state index contributed by atoms with van der Waals surface area (Å²) in [6.07, 6.45) is 6.67. The van der Waals surface area contributed by atoms with Crippen molar-refractivity contribution in [3.63, 3.8) is 0 Å². The Bertz CT molecular complexity index is 395. The predicted molar refractivity (Wildman–Crippen MR) is 74.2 cm³/mol. The number of hydrogen-bond acceptors (Lipinski definition) is 3. The average molecular weight is 274 g/mol. The van der Waals surface area contributed by atoms with Gasteiger partial charge in [-0.25, -0.2) is 0 Å². The number of pyridine rings is 1. The zero-order valence-corrected chi connectivity index (χ0v) is 11.4. The van der Waals surface area contributed by atoms with Crippen LogP contribution >= 0.6 is 24.8 Å². The van der Waals surface area contributed by atoms with Crippen molar-refractivity contribution in [2.75, 3.05) is 12.4 Å². The van der Waals surface area contributed by atoms with Gasteiger partial charge in [0, 0.05) is 19.2 Å². The molecular formula is C12H17Cl2N3. The van der Waals surface area contributed by atoms with Gasteiger partial charge in [-0.15, -0.1) is 24.8 Å². The van der Waals surface area contributed by atoms with E-state index < -0.39 is 0 Å². The number of hydrogen-bond donors (Lipinski definition) is 1. The molecule has 1 aromatic heterocycles. The van der Waals surface area contributed by atoms with E-state index in [1.807, 2.05) is 13.1 Å². The van der Waals surface area contributed by atoms with E-state index in [-0.39, 0.29) is 24.8 Å². The monoisotopic (exact) mass is 273 g/mol. The van der Waals surface area contributed by atoms with Gasteiger partial charge >= 0.3 is 0 Å². The van der Waals surface area contributed by atoms with E-state index in [4.69, 9.17) is 5.26 Å². The Morgan fingerprint density at radius 1 is 1.35 bits per heavy atom. The van der Waals surface area contributed by atoms with Crippen molar-refractivity contribution in [3.8, 4) is 6.07 Å². The molecule has 0 unspecified atom stereocenters. The third kappa shape index (κ3) is 3.24. The third-order valence-corrected chi connectivity index (χ3v) is 3.10. The number of aromatic nitrogens is 1. The number of anilines is 1. The van der Waals surface area contributed by atoms with Gasteiger partial charge in [-0.2, -0.15) is 5.26 Å². The predicted octanol–water partition coefficient (Wildman–Crippen LogP) is 3.50. The Labute approximate surface area is 114 Å². The first-order valence-electron chi connectivity index (χ1n) is 5.43. The Morgan fingerprint density at radius 2 is 2.00 bits per heavy atom. The zero-order chi connectivity index (χ0) is 10.7. The van der Waals surface area contributed by atoms with Gasteiger partial charge in [0.1, 0.15) is 6.07 Å². The Balaban J connectivity index is 0.00000128. The summed E-state index contributed by atoms with van der Waals surface area (Å²) >= 11 is 0. The quantitative estimate of drug-likeness (QED) is 0.897. The fourth-order valence-electron chi connectivity index (χ4n) is 2.31. The maximum absolute atomic E-state index is 9.16. The molecule has 1 aliphatic carbocycles. The van der Waals surface area contributed by atoms with Crippen LogP contribution < -0.4 is 5.32 Å². The smallest absolute Gasteiger partial charge is 0.103 e. The van der Waals surface area contributed by atoms with Crippen LogP contribution in [0.15, 0.2) is 12.3 Å². The molecule has 0 aromatic carbocycles. The number of nitriles is 1. The van der Waals surface area contributed by atoms with E-state index in [1.165, 1.54) is 25.7 Å². The van der Waals surface area contributed by atoms with Crippen LogP contribution in [-0.4, -0.2) is 12.0 Å². The van der Waals surface area contributed by atoms with Crippen LogP contribution in [0.25, 0.3) is 0 Å². The van der Waals surface area contributed by atoms with E-state index in [0.717, 1.165) is 16.9 Å². The summed E-state index contributed by atoms with van der Waals surface area (Å²) in [4.78, 5) is 4.38. The van der Waals surface area contributed by atoms with Crippen molar-refractivity contribution in [2.24, 2.45) is 0 Å². The SMILES string of the molecule is CNc1ccnc(C2CCCC2)c1C#N.Cl.Cl. The van der Waals surface area contributed by atoms with Gasteiger partial charge in [0.2, 0.25) is 0 Å². The first-order chi connectivity index (χ1) is 7.36. The highest BCUT2D eigenvalue weighted by molar-refractivity contribution is 5.85. The molecule has 2 rings (SSSR count). The normalized spacial score (nSPS) is 14.4. The molecule has 1 N–H and O–H groups in total. The van der Waals surface area contributed by atoms with Crippen LogP contribution in [0.2, 0.25) is 0 Å². The molecule has 0 saturated heterocycles. The number of halogens is 2. The van der Waals surface area contributed by atoms with Gasteiger partial charge in [-0.05, 0) is 18.9 Å². The van der Waals surface area contributed by atoms with E-state index in [0.29, 0.717) is 5.92 Å². The van der Waals surface area contributed by atoms with Crippen LogP contribution in [0.5, 0.6) is 0 Å². The van der Waals surface area contributed by atoms with E-state index >= 15 is 0 Å². The third-order valence-electron chi connectivity index (χ3n) is 3.10. The van der Waals surface area contributed by atoms with Gasteiger partial charge < -0.3 is 5.32 Å². The maximum Gasteiger partial charge on any atom is 0.103 e. The lowest BCUT2D eigenvalue weighted by Crippen LogP contribution is -2.03. The zero-order valence-electron chi connectivity index (χ0n) is 9.77. The molecule has 1 fully saturated rings. The molecule has 5 heteroatoms. The lowest BCUT2D eigenvalue weighted by Gasteiger charge is -2.12. The molecule has 0 aliphatic heterocycles. The molecule has 0 spiro atoms. The first kappa shape index (κ1) is 16.0. The molecule has 94 valence electrons. The van der Waals surface area contributed by atoms with Gasteiger partial charge in [-0.1, -0.05) is 12.8 Å². The molecule has 1 saturated carbocycles. The molecule has 1 aromatic rings. The van der Waals surface area contributed by atoms with Crippen molar-refractivity contribution < 1.29 is 0 Å². The summed E-state index contributed by atoms with van der Waals surface area (Å²) in [5.74, 6) is 0.493. The topological polar surface area (TPSA) is 48.7 Å². The molecule has 0 amide bonds. The lowest BCUT2D eigenvalue weighted by atomic mass is 9.98. The second-order valence-electron chi connectivity index (χ2n) is 3.96. The van der Waals surface area contributed by atoms with Crippen LogP contribution in [0.3, 0.4) is 0 Å². The summed E-state index contributed by atoms with van der Waals surface area (Å²) in [6, 6.07) is 4.13. The van der Waals surface area contributed by atoms with Crippen LogP contribution in [-0.2, 0) is 0 Å². The van der Waals surface area contributed by atoms with Crippen molar-refractivity contribution >= 4 is 30.5 Å². The van der Waals surface area contributed by atoms with Crippen LogP contribution in [0.1, 0.15) is 42.9 Å². The summed E-state index contributed by atoms with van der Waals surface area (Å²) in [5.41, 5.74) is 2.61. The molecule has 0 radical (unpaired) electrons. The molecule has 1 aliphatic rings. The second-order valence-corrected chi connectivity index (χ2v) is 3.96. The highest BCUT2D eigenvalue weighted by Crippen LogP contribution is 2.35. The van der Waals surface area contributed by atoms with Crippen LogP contribution in [0, 0.1) is 11.3 Å². The average Bonchev–Trinajstić information content (AvgIpc) is 2.81. The maximum atomic E-state index is 9.16. The number of rotatable bonds is 2. The standard InChI is InChI=1S/C12H15N3.2ClH/c1-14-11-6-7-15-12(10(11)8-13)9-4-2-3-5-9;;/h6-7,9H,2-5H2,1H3,(H,14,15);2*1H. The highest BCUT2D eigenvalue weighted by Gasteiger charge is 2.22. The minimum atomic E-state index is 0. The van der Waals surface area contributed by atoms with Crippen molar-refractivity contribution in [2.45, 2.75) is 31.6 Å². The molecular weight excluding hydrogens is 257 g/mol. The summed E-state index contributed by atoms with van der Waals surface area (Å²) in [6.45, 7) is 0. The van der Waals surface area contributed by atoms with Gasteiger partial charge in [0.25, 0.3) is 0 Å². The second kappa shape index (κ2) is 7.37. The minimum absolute atomic E-state index is 0. The van der Waals surface area contributed by atoms with Crippen molar-refractivity contribution in [1.29, 1.82) is 5.26 Å². The van der Waals surface area contributed by atoms with E-state index in [1.54, 1.807) is 6.20 Å². The number of nitrogens with zero attached hydrogens (tertiary/aromatic N) is 2. The van der Waals surface area contributed by atoms with Gasteiger partial charge in [-0.3, -0.25) is 4.98 Å². The molecule has 1 heterocycles. The van der Waals surface area contributed by atoms with Gasteiger partial charge in [0.15, 0.2) is 0 Å². The van der Waals surface area contributed by atoms with E-state index in [9.17, 15) is 0 Å². The van der Waals surface area contributed by atoms with Gasteiger partial charge in [0.05, 0.1) is 16.9 Å². The van der Waals surface area contributed by atoms with Crippen molar-refractivity contribution in [3.05, 3.63) is 23.5 Å². The highest BCUT2D eigenvalue weighted by atomic mass is 35.5. The fraction of sp³-hybridized carbons (Fsp3) is 0.500. The van der Waals surface area contributed by atoms with E-state index in [2.05, 4.69) is 16.4 Å². The Kier molecular flexibility index (Phi) is 6.94. The molecule has 17 heavy (non-hydrogen) atoms. The first-order valence-corrected chi connectivity index (χ1v) is 5.43. The van der Waals surface area contributed by atoms with Crippen molar-refractivity contribution in [1.82, 2.24) is 4.98 Å². The summed E-state index contributed by atoms with van der Waals surface area (Å²) < 4.78 is 0. The summed E-state index contributed by atoms with van der Waals surface area (Å²) in [5, 5.41) is 12.2. The Morgan fingerprint density at radius 3 is 2.53 bits per heavy atom. The number of nitrogens with one attached hydrogen (secondary N) is 1. The largest absolute Gasteiger partial charge is 0.387 e. The minimum Gasteiger partial charge on any atom is -0.387 e. The fourth-order valence-corrected chi connectivity index (χ4v) is 2.31. The Hall–Kier alpha value is -0.980.